The van der Waals surface area contributed by atoms with Gasteiger partial charge in [-0.15, -0.1) is 0 Å². The average molecular weight is 170 g/mol. The SMILES string of the molecule is CC(C)(C)C(=O)CN1CC(N)C1. The van der Waals surface area contributed by atoms with Gasteiger partial charge in [-0.2, -0.15) is 0 Å². The maximum absolute atomic E-state index is 11.5. The van der Waals surface area contributed by atoms with Crippen molar-refractivity contribution < 1.29 is 4.79 Å². The van der Waals surface area contributed by atoms with E-state index >= 15 is 0 Å². The number of ketones is 1. The molecule has 1 heterocycles. The Morgan fingerprint density at radius 3 is 2.33 bits per heavy atom. The molecule has 1 rings (SSSR count). The minimum absolute atomic E-state index is 0.209. The van der Waals surface area contributed by atoms with Crippen LogP contribution in [-0.4, -0.2) is 36.4 Å². The highest BCUT2D eigenvalue weighted by molar-refractivity contribution is 5.85. The van der Waals surface area contributed by atoms with Crippen molar-refractivity contribution in [3.63, 3.8) is 0 Å². The summed E-state index contributed by atoms with van der Waals surface area (Å²) < 4.78 is 0. The molecule has 0 spiro atoms. The van der Waals surface area contributed by atoms with Gasteiger partial charge in [0.25, 0.3) is 0 Å². The predicted molar refractivity (Wildman–Crippen MR) is 48.9 cm³/mol. The summed E-state index contributed by atoms with van der Waals surface area (Å²) in [5, 5.41) is 0. The zero-order valence-corrected chi connectivity index (χ0v) is 8.13. The Labute approximate surface area is 73.9 Å². The topological polar surface area (TPSA) is 46.3 Å². The summed E-state index contributed by atoms with van der Waals surface area (Å²) in [7, 11) is 0. The number of carbonyl (C=O) groups is 1. The molecule has 0 radical (unpaired) electrons. The minimum atomic E-state index is -0.209. The van der Waals surface area contributed by atoms with Crippen molar-refractivity contribution in [1.82, 2.24) is 4.90 Å². The average Bonchev–Trinajstić information content (AvgIpc) is 1.82. The van der Waals surface area contributed by atoms with Gasteiger partial charge in [-0.25, -0.2) is 0 Å². The Hall–Kier alpha value is -0.410. The van der Waals surface area contributed by atoms with E-state index in [1.807, 2.05) is 20.8 Å². The summed E-state index contributed by atoms with van der Waals surface area (Å²) in [5.41, 5.74) is 5.39. The van der Waals surface area contributed by atoms with Crippen LogP contribution in [0.25, 0.3) is 0 Å². The number of hydrogen-bond donors (Lipinski definition) is 1. The second-order valence-corrected chi connectivity index (χ2v) is 4.63. The van der Waals surface area contributed by atoms with Gasteiger partial charge in [0.1, 0.15) is 0 Å². The molecule has 1 saturated heterocycles. The highest BCUT2D eigenvalue weighted by Crippen LogP contribution is 2.16. The number of hydrogen-bond acceptors (Lipinski definition) is 3. The lowest BCUT2D eigenvalue weighted by molar-refractivity contribution is -0.128. The molecule has 3 nitrogen and oxygen atoms in total. The van der Waals surface area contributed by atoms with Crippen LogP contribution >= 0.6 is 0 Å². The summed E-state index contributed by atoms with van der Waals surface area (Å²) >= 11 is 0. The van der Waals surface area contributed by atoms with Gasteiger partial charge in [0.15, 0.2) is 5.78 Å². The van der Waals surface area contributed by atoms with Gasteiger partial charge < -0.3 is 5.73 Å². The minimum Gasteiger partial charge on any atom is -0.325 e. The second kappa shape index (κ2) is 3.15. The van der Waals surface area contributed by atoms with E-state index in [1.54, 1.807) is 0 Å². The standard InChI is InChI=1S/C9H18N2O/c1-9(2,3)8(12)6-11-4-7(10)5-11/h7H,4-6,10H2,1-3H3. The molecule has 2 N–H and O–H groups in total. The van der Waals surface area contributed by atoms with Crippen molar-refractivity contribution in [2.45, 2.75) is 26.8 Å². The molecule has 0 aromatic carbocycles. The molecular weight excluding hydrogens is 152 g/mol. The molecule has 0 amide bonds. The van der Waals surface area contributed by atoms with Crippen molar-refractivity contribution in [3.05, 3.63) is 0 Å². The highest BCUT2D eigenvalue weighted by Gasteiger charge is 2.29. The van der Waals surface area contributed by atoms with Gasteiger partial charge in [0, 0.05) is 24.5 Å². The van der Waals surface area contributed by atoms with Crippen LogP contribution in [0.1, 0.15) is 20.8 Å². The van der Waals surface area contributed by atoms with Crippen LogP contribution in [0.3, 0.4) is 0 Å². The quantitative estimate of drug-likeness (QED) is 0.646. The molecule has 0 atom stereocenters. The fourth-order valence-electron chi connectivity index (χ4n) is 1.18. The first-order valence-corrected chi connectivity index (χ1v) is 4.41. The first-order chi connectivity index (χ1) is 5.39. The largest absolute Gasteiger partial charge is 0.325 e. The number of nitrogens with zero attached hydrogens (tertiary/aromatic N) is 1. The Morgan fingerprint density at radius 1 is 1.50 bits per heavy atom. The van der Waals surface area contributed by atoms with E-state index in [0.29, 0.717) is 12.3 Å². The molecule has 0 aromatic heterocycles. The third kappa shape index (κ3) is 2.29. The lowest BCUT2D eigenvalue weighted by Crippen LogP contribution is -2.57. The molecule has 0 saturated carbocycles. The van der Waals surface area contributed by atoms with E-state index in [1.165, 1.54) is 0 Å². The summed E-state index contributed by atoms with van der Waals surface area (Å²) in [6, 6.07) is 0.290. The smallest absolute Gasteiger partial charge is 0.152 e. The molecule has 1 aliphatic heterocycles. The first-order valence-electron chi connectivity index (χ1n) is 4.41. The summed E-state index contributed by atoms with van der Waals surface area (Å²) in [6.07, 6.45) is 0. The van der Waals surface area contributed by atoms with E-state index < -0.39 is 0 Å². The van der Waals surface area contributed by atoms with E-state index in [9.17, 15) is 4.79 Å². The van der Waals surface area contributed by atoms with Crippen LogP contribution in [0.5, 0.6) is 0 Å². The molecule has 1 aliphatic rings. The van der Waals surface area contributed by atoms with Gasteiger partial charge >= 0.3 is 0 Å². The van der Waals surface area contributed by atoms with Crippen LogP contribution in [0.15, 0.2) is 0 Å². The van der Waals surface area contributed by atoms with E-state index in [0.717, 1.165) is 13.1 Å². The van der Waals surface area contributed by atoms with Crippen molar-refractivity contribution in [3.8, 4) is 0 Å². The monoisotopic (exact) mass is 170 g/mol. The van der Waals surface area contributed by atoms with E-state index in [-0.39, 0.29) is 11.5 Å². The second-order valence-electron chi connectivity index (χ2n) is 4.63. The maximum Gasteiger partial charge on any atom is 0.152 e. The lowest BCUT2D eigenvalue weighted by atomic mass is 9.90. The normalized spacial score (nSPS) is 20.7. The highest BCUT2D eigenvalue weighted by atomic mass is 16.1. The van der Waals surface area contributed by atoms with E-state index in [2.05, 4.69) is 4.90 Å². The van der Waals surface area contributed by atoms with Crippen LogP contribution in [0.4, 0.5) is 0 Å². The van der Waals surface area contributed by atoms with Gasteiger partial charge in [-0.05, 0) is 0 Å². The number of rotatable bonds is 2. The Balaban J connectivity index is 2.28. The number of Topliss-reactive ketones (excluding diaryl/α,β-unsaturated/α-hetero) is 1. The van der Waals surface area contributed by atoms with Crippen molar-refractivity contribution >= 4 is 5.78 Å². The lowest BCUT2D eigenvalue weighted by Gasteiger charge is -2.37. The van der Waals surface area contributed by atoms with E-state index in [4.69, 9.17) is 5.73 Å². The number of likely N-dealkylation sites (tertiary alicyclic amines) is 1. The zero-order chi connectivity index (χ0) is 9.35. The van der Waals surface area contributed by atoms with Crippen molar-refractivity contribution in [2.75, 3.05) is 19.6 Å². The summed E-state index contributed by atoms with van der Waals surface area (Å²) in [5.74, 6) is 0.300. The van der Waals surface area contributed by atoms with Crippen LogP contribution in [-0.2, 0) is 4.79 Å². The molecule has 0 bridgehead atoms. The maximum atomic E-state index is 11.5. The molecule has 0 aliphatic carbocycles. The predicted octanol–water partition coefficient (Wildman–Crippen LogP) is 0.244. The Kier molecular flexibility index (Phi) is 2.54. The van der Waals surface area contributed by atoms with Crippen LogP contribution in [0, 0.1) is 5.41 Å². The third-order valence-corrected chi connectivity index (χ3v) is 2.19. The van der Waals surface area contributed by atoms with Crippen LogP contribution in [0.2, 0.25) is 0 Å². The van der Waals surface area contributed by atoms with Gasteiger partial charge in [0.2, 0.25) is 0 Å². The Morgan fingerprint density at radius 2 is 2.00 bits per heavy atom. The molecule has 70 valence electrons. The molecule has 0 unspecified atom stereocenters. The third-order valence-electron chi connectivity index (χ3n) is 2.19. The molecular formula is C9H18N2O. The number of nitrogens with two attached hydrogens (primary N) is 1. The fraction of sp³-hybridized carbons (Fsp3) is 0.889. The summed E-state index contributed by atoms with van der Waals surface area (Å²) in [6.45, 7) is 8.18. The van der Waals surface area contributed by atoms with Gasteiger partial charge in [-0.1, -0.05) is 20.8 Å². The first kappa shape index (κ1) is 9.68. The number of carbonyl (C=O) groups excluding carboxylic acids is 1. The fourth-order valence-corrected chi connectivity index (χ4v) is 1.18. The van der Waals surface area contributed by atoms with Crippen molar-refractivity contribution in [2.24, 2.45) is 11.1 Å². The zero-order valence-electron chi connectivity index (χ0n) is 8.13. The molecule has 12 heavy (non-hydrogen) atoms. The molecule has 0 aromatic rings. The Bertz CT molecular complexity index is 177. The van der Waals surface area contributed by atoms with Gasteiger partial charge in [-0.3, -0.25) is 9.69 Å². The molecule has 1 fully saturated rings. The molecule has 3 heteroatoms. The van der Waals surface area contributed by atoms with Gasteiger partial charge in [0.05, 0.1) is 6.54 Å². The summed E-state index contributed by atoms with van der Waals surface area (Å²) in [4.78, 5) is 13.6. The van der Waals surface area contributed by atoms with Crippen LogP contribution < -0.4 is 5.73 Å². The van der Waals surface area contributed by atoms with Crippen molar-refractivity contribution in [1.29, 1.82) is 0 Å².